The Morgan fingerprint density at radius 2 is 2.00 bits per heavy atom. The molecule has 0 saturated heterocycles. The molecule has 1 aliphatic carbocycles. The van der Waals surface area contributed by atoms with Crippen molar-refractivity contribution in [3.05, 3.63) is 35.4 Å². The summed E-state index contributed by atoms with van der Waals surface area (Å²) in [5, 5.41) is 3.67. The quantitative estimate of drug-likeness (QED) is 0.784. The summed E-state index contributed by atoms with van der Waals surface area (Å²) in [6.45, 7) is 6.05. The second kappa shape index (κ2) is 9.04. The second-order valence-corrected chi connectivity index (χ2v) is 6.43. The van der Waals surface area contributed by atoms with Crippen molar-refractivity contribution in [1.82, 2.24) is 5.32 Å². The van der Waals surface area contributed by atoms with Crippen LogP contribution in [-0.2, 0) is 27.4 Å². The maximum atomic E-state index is 11.9. The van der Waals surface area contributed by atoms with Gasteiger partial charge in [-0.3, -0.25) is 4.79 Å². The molecule has 4 heteroatoms. The Morgan fingerprint density at radius 1 is 1.26 bits per heavy atom. The van der Waals surface area contributed by atoms with Gasteiger partial charge in [0.05, 0.1) is 19.1 Å². The van der Waals surface area contributed by atoms with Crippen molar-refractivity contribution in [3.63, 3.8) is 0 Å². The van der Waals surface area contributed by atoms with E-state index in [0.29, 0.717) is 25.2 Å². The van der Waals surface area contributed by atoms with Crippen LogP contribution >= 0.6 is 0 Å². The van der Waals surface area contributed by atoms with Crippen LogP contribution in [0, 0.1) is 11.8 Å². The molecule has 1 aromatic carbocycles. The molecule has 1 fully saturated rings. The summed E-state index contributed by atoms with van der Waals surface area (Å²) in [5.41, 5.74) is 2.52. The molecule has 0 aliphatic heterocycles. The Hall–Kier alpha value is -1.39. The van der Waals surface area contributed by atoms with Crippen molar-refractivity contribution in [3.8, 4) is 0 Å². The molecule has 0 unspecified atom stereocenters. The van der Waals surface area contributed by atoms with E-state index in [9.17, 15) is 4.79 Å². The zero-order valence-corrected chi connectivity index (χ0v) is 14.5. The molecule has 0 heterocycles. The van der Waals surface area contributed by atoms with Gasteiger partial charge in [-0.25, -0.2) is 0 Å². The Balaban J connectivity index is 1.87. The number of nitrogens with one attached hydrogen (secondary N) is 1. The largest absolute Gasteiger partial charge is 0.466 e. The predicted octanol–water partition coefficient (Wildman–Crippen LogP) is 3.29. The van der Waals surface area contributed by atoms with Crippen LogP contribution in [0.3, 0.4) is 0 Å². The van der Waals surface area contributed by atoms with E-state index in [-0.39, 0.29) is 11.9 Å². The number of rotatable bonds is 7. The highest BCUT2D eigenvalue weighted by Crippen LogP contribution is 2.30. The normalized spacial score (nSPS) is 24.4. The second-order valence-electron chi connectivity index (χ2n) is 6.43. The molecular formula is C19H29NO3. The average molecular weight is 319 g/mol. The smallest absolute Gasteiger partial charge is 0.308 e. The first-order chi connectivity index (χ1) is 11.2. The summed E-state index contributed by atoms with van der Waals surface area (Å²) in [6.07, 6.45) is 2.86. The first kappa shape index (κ1) is 18.0. The zero-order valence-electron chi connectivity index (χ0n) is 14.5. The minimum absolute atomic E-state index is 0.0248. The molecule has 3 atom stereocenters. The Morgan fingerprint density at radius 3 is 2.65 bits per heavy atom. The Bertz CT molecular complexity index is 503. The number of benzene rings is 1. The molecule has 2 rings (SSSR count). The molecule has 23 heavy (non-hydrogen) atoms. The van der Waals surface area contributed by atoms with E-state index in [4.69, 9.17) is 9.47 Å². The third-order valence-electron chi connectivity index (χ3n) is 4.76. The minimum atomic E-state index is -0.0248. The van der Waals surface area contributed by atoms with Crippen LogP contribution in [0.5, 0.6) is 0 Å². The van der Waals surface area contributed by atoms with Crippen LogP contribution in [0.25, 0.3) is 0 Å². The van der Waals surface area contributed by atoms with Crippen molar-refractivity contribution < 1.29 is 14.3 Å². The third-order valence-corrected chi connectivity index (χ3v) is 4.76. The van der Waals surface area contributed by atoms with Crippen molar-refractivity contribution in [2.75, 3.05) is 13.7 Å². The van der Waals surface area contributed by atoms with Gasteiger partial charge in [0.25, 0.3) is 0 Å². The van der Waals surface area contributed by atoms with Gasteiger partial charge < -0.3 is 14.8 Å². The molecule has 1 aromatic rings. The van der Waals surface area contributed by atoms with Crippen molar-refractivity contribution in [2.24, 2.45) is 11.8 Å². The maximum absolute atomic E-state index is 11.9. The molecule has 128 valence electrons. The number of hydrogen-bond donors (Lipinski definition) is 1. The molecule has 0 bridgehead atoms. The lowest BCUT2D eigenvalue weighted by Crippen LogP contribution is -2.41. The van der Waals surface area contributed by atoms with E-state index in [1.54, 1.807) is 7.11 Å². The fourth-order valence-electron chi connectivity index (χ4n) is 3.44. The summed E-state index contributed by atoms with van der Waals surface area (Å²) in [6, 6.07) is 8.83. The molecule has 1 saturated carbocycles. The van der Waals surface area contributed by atoms with Gasteiger partial charge in [-0.05, 0) is 43.2 Å². The summed E-state index contributed by atoms with van der Waals surface area (Å²) < 4.78 is 10.4. The highest BCUT2D eigenvalue weighted by atomic mass is 16.5. The summed E-state index contributed by atoms with van der Waals surface area (Å²) in [7, 11) is 1.73. The van der Waals surface area contributed by atoms with E-state index in [1.807, 2.05) is 13.0 Å². The Kier molecular flexibility index (Phi) is 7.06. The summed E-state index contributed by atoms with van der Waals surface area (Å²) in [4.78, 5) is 11.9. The van der Waals surface area contributed by atoms with E-state index in [0.717, 1.165) is 25.8 Å². The van der Waals surface area contributed by atoms with Gasteiger partial charge in [-0.15, -0.1) is 0 Å². The van der Waals surface area contributed by atoms with Crippen LogP contribution < -0.4 is 5.32 Å². The molecule has 4 nitrogen and oxygen atoms in total. The van der Waals surface area contributed by atoms with Gasteiger partial charge in [0.1, 0.15) is 0 Å². The molecule has 0 aromatic heterocycles. The van der Waals surface area contributed by atoms with Crippen molar-refractivity contribution in [2.45, 2.75) is 52.3 Å². The van der Waals surface area contributed by atoms with E-state index in [1.165, 1.54) is 11.1 Å². The fourth-order valence-corrected chi connectivity index (χ4v) is 3.44. The molecule has 1 aliphatic rings. The van der Waals surface area contributed by atoms with Crippen LogP contribution in [0.1, 0.15) is 44.2 Å². The number of ether oxygens (including phenoxy) is 2. The number of methoxy groups -OCH3 is 1. The van der Waals surface area contributed by atoms with Gasteiger partial charge in [0.15, 0.2) is 0 Å². The van der Waals surface area contributed by atoms with Crippen LogP contribution in [0.15, 0.2) is 24.3 Å². The third kappa shape index (κ3) is 5.05. The number of carbonyl (C=O) groups is 1. The first-order valence-electron chi connectivity index (χ1n) is 8.61. The van der Waals surface area contributed by atoms with Crippen LogP contribution in [0.2, 0.25) is 0 Å². The van der Waals surface area contributed by atoms with Gasteiger partial charge >= 0.3 is 5.97 Å². The lowest BCUT2D eigenvalue weighted by Gasteiger charge is -2.34. The Labute approximate surface area is 139 Å². The highest BCUT2D eigenvalue weighted by molar-refractivity contribution is 5.72. The van der Waals surface area contributed by atoms with Gasteiger partial charge in [-0.1, -0.05) is 31.2 Å². The van der Waals surface area contributed by atoms with Crippen LogP contribution in [0.4, 0.5) is 0 Å². The number of esters is 1. The van der Waals surface area contributed by atoms with Crippen molar-refractivity contribution in [1.29, 1.82) is 0 Å². The summed E-state index contributed by atoms with van der Waals surface area (Å²) >= 11 is 0. The van der Waals surface area contributed by atoms with E-state index >= 15 is 0 Å². The molecule has 0 amide bonds. The van der Waals surface area contributed by atoms with Gasteiger partial charge in [0.2, 0.25) is 0 Å². The highest BCUT2D eigenvalue weighted by Gasteiger charge is 2.31. The van der Waals surface area contributed by atoms with Gasteiger partial charge in [-0.2, -0.15) is 0 Å². The monoisotopic (exact) mass is 319 g/mol. The van der Waals surface area contributed by atoms with E-state index in [2.05, 4.69) is 30.4 Å². The fraction of sp³-hybridized carbons (Fsp3) is 0.632. The topological polar surface area (TPSA) is 47.6 Å². The predicted molar refractivity (Wildman–Crippen MR) is 90.9 cm³/mol. The first-order valence-corrected chi connectivity index (χ1v) is 8.61. The maximum Gasteiger partial charge on any atom is 0.308 e. The SMILES string of the molecule is CCOC(=O)[C@@H]1CC[C@H](NCc2ccccc2COC)[C@H](C)C1. The molecular weight excluding hydrogens is 290 g/mol. The molecule has 0 spiro atoms. The average Bonchev–Trinajstić information content (AvgIpc) is 2.55. The van der Waals surface area contributed by atoms with Gasteiger partial charge in [0, 0.05) is 19.7 Å². The van der Waals surface area contributed by atoms with E-state index < -0.39 is 0 Å². The summed E-state index contributed by atoms with van der Waals surface area (Å²) in [5.74, 6) is 0.528. The molecule has 1 N–H and O–H groups in total. The van der Waals surface area contributed by atoms with Crippen LogP contribution in [-0.4, -0.2) is 25.7 Å². The lowest BCUT2D eigenvalue weighted by atomic mass is 9.79. The standard InChI is InChI=1S/C19H29NO3/c1-4-23-19(21)15-9-10-18(14(2)11-15)20-12-16-7-5-6-8-17(16)13-22-3/h5-8,14-15,18,20H,4,9-13H2,1-3H3/t14-,15-,18+/m1/s1. The minimum Gasteiger partial charge on any atom is -0.466 e. The van der Waals surface area contributed by atoms with Crippen molar-refractivity contribution >= 4 is 5.97 Å². The lowest BCUT2D eigenvalue weighted by molar-refractivity contribution is -0.149. The molecule has 0 radical (unpaired) electrons. The zero-order chi connectivity index (χ0) is 16.7. The number of hydrogen-bond acceptors (Lipinski definition) is 4. The number of carbonyl (C=O) groups excluding carboxylic acids is 1.